The number of hydrogen-bond donors (Lipinski definition) is 0. The fraction of sp³-hybridized carbons (Fsp3) is 0.364. The minimum absolute atomic E-state index is 0.331. The van der Waals surface area contributed by atoms with Gasteiger partial charge in [0.05, 0.1) is 5.31 Å². The number of benzene rings is 3. The van der Waals surface area contributed by atoms with Crippen molar-refractivity contribution in [2.45, 2.75) is 38.0 Å². The second kappa shape index (κ2) is 6.60. The average molecular weight is 364 g/mol. The zero-order chi connectivity index (χ0) is 19.2. The molecule has 3 aromatic rings. The number of methoxy groups -OCH3 is 2. The van der Waals surface area contributed by atoms with E-state index in [9.17, 15) is 0 Å². The average Bonchev–Trinajstić information content (AvgIpc) is 2.90. The van der Waals surface area contributed by atoms with Crippen LogP contribution in [0.2, 0.25) is 5.31 Å². The summed E-state index contributed by atoms with van der Waals surface area (Å²) < 4.78 is 11.3. The lowest BCUT2D eigenvalue weighted by Gasteiger charge is -2.40. The molecule has 0 aromatic heterocycles. The molecule has 5 heteroatoms. The topological polar surface area (TPSA) is 36.9 Å². The van der Waals surface area contributed by atoms with Gasteiger partial charge < -0.3 is 9.47 Å². The van der Waals surface area contributed by atoms with Crippen molar-refractivity contribution in [2.75, 3.05) is 14.2 Å². The largest absolute Gasteiger partial charge is 0.387 e. The van der Waals surface area contributed by atoms with Crippen LogP contribution < -0.4 is 5.46 Å². The van der Waals surface area contributed by atoms with E-state index in [2.05, 4.69) is 61.5 Å². The van der Waals surface area contributed by atoms with Gasteiger partial charge in [-0.05, 0) is 53.0 Å². The van der Waals surface area contributed by atoms with Gasteiger partial charge >= 0.3 is 6.92 Å². The summed E-state index contributed by atoms with van der Waals surface area (Å²) in [6, 6.07) is 19.1. The Labute approximate surface area is 160 Å². The monoisotopic (exact) mass is 364 g/mol. The van der Waals surface area contributed by atoms with Gasteiger partial charge in [0.2, 0.25) is 0 Å². The number of rotatable bonds is 4. The highest BCUT2D eigenvalue weighted by molar-refractivity contribution is 6.73. The van der Waals surface area contributed by atoms with Crippen molar-refractivity contribution in [1.29, 1.82) is 0 Å². The van der Waals surface area contributed by atoms with Gasteiger partial charge in [0.15, 0.2) is 6.29 Å². The van der Waals surface area contributed by atoms with Crippen molar-refractivity contribution in [3.8, 4) is 0 Å². The molecule has 1 fully saturated rings. The summed E-state index contributed by atoms with van der Waals surface area (Å²) in [6.07, 6.45) is -0.476. The van der Waals surface area contributed by atoms with Gasteiger partial charge in [-0.3, -0.25) is 4.81 Å². The van der Waals surface area contributed by atoms with Crippen molar-refractivity contribution in [2.24, 2.45) is 0 Å². The molecule has 27 heavy (non-hydrogen) atoms. The van der Waals surface area contributed by atoms with E-state index >= 15 is 0 Å². The molecule has 1 heterocycles. The van der Waals surface area contributed by atoms with Gasteiger partial charge in [-0.15, -0.1) is 0 Å². The minimum Gasteiger partial charge on any atom is -0.356 e. The Morgan fingerprint density at radius 3 is 2.15 bits per heavy atom. The molecule has 3 aromatic carbocycles. The van der Waals surface area contributed by atoms with Crippen molar-refractivity contribution < 1.29 is 19.2 Å². The van der Waals surface area contributed by atoms with Gasteiger partial charge in [-0.25, -0.2) is 4.89 Å². The Hall–Kier alpha value is -1.92. The molecule has 1 aliphatic rings. The first-order chi connectivity index (χ1) is 12.9. The van der Waals surface area contributed by atoms with Crippen LogP contribution in [-0.4, -0.2) is 33.0 Å². The third-order valence-electron chi connectivity index (χ3n) is 6.18. The fourth-order valence-corrected chi connectivity index (χ4v) is 4.26. The van der Waals surface area contributed by atoms with Gasteiger partial charge in [0.1, 0.15) is 5.60 Å². The summed E-state index contributed by atoms with van der Waals surface area (Å²) in [5.41, 5.74) is 0.485. The van der Waals surface area contributed by atoms with Crippen molar-refractivity contribution >= 4 is 33.9 Å². The number of fused-ring (bicyclic) bond motifs is 2. The predicted octanol–water partition coefficient (Wildman–Crippen LogP) is 4.31. The van der Waals surface area contributed by atoms with E-state index in [0.717, 1.165) is 10.8 Å². The molecule has 140 valence electrons. The van der Waals surface area contributed by atoms with E-state index in [1.165, 1.54) is 16.2 Å². The molecular weight excluding hydrogens is 339 g/mol. The van der Waals surface area contributed by atoms with E-state index < -0.39 is 17.2 Å². The Bertz CT molecular complexity index is 982. The van der Waals surface area contributed by atoms with Crippen LogP contribution in [0.5, 0.6) is 0 Å². The number of hydrogen-bond acceptors (Lipinski definition) is 4. The van der Waals surface area contributed by atoms with Crippen molar-refractivity contribution in [3.05, 3.63) is 54.6 Å². The summed E-state index contributed by atoms with van der Waals surface area (Å²) >= 11 is 0. The van der Waals surface area contributed by atoms with Crippen LogP contribution in [0.25, 0.3) is 21.5 Å². The predicted molar refractivity (Wildman–Crippen MR) is 109 cm³/mol. The van der Waals surface area contributed by atoms with Crippen LogP contribution in [0, 0.1) is 0 Å². The fourth-order valence-electron chi connectivity index (χ4n) is 4.26. The summed E-state index contributed by atoms with van der Waals surface area (Å²) in [6.45, 7) is 5.79. The van der Waals surface area contributed by atoms with Crippen LogP contribution in [-0.2, 0) is 19.2 Å². The third kappa shape index (κ3) is 2.69. The lowest BCUT2D eigenvalue weighted by Crippen LogP contribution is -2.53. The Kier molecular flexibility index (Phi) is 4.51. The van der Waals surface area contributed by atoms with Crippen LogP contribution in [0.1, 0.15) is 20.8 Å². The maximum Gasteiger partial charge on any atom is 0.387 e. The third-order valence-corrected chi connectivity index (χ3v) is 6.18. The first kappa shape index (κ1) is 18.4. The molecule has 1 aliphatic heterocycles. The highest BCUT2D eigenvalue weighted by Crippen LogP contribution is 2.53. The van der Waals surface area contributed by atoms with Crippen molar-refractivity contribution in [1.82, 2.24) is 0 Å². The molecule has 1 atom stereocenters. The zero-order valence-electron chi connectivity index (χ0n) is 16.5. The summed E-state index contributed by atoms with van der Waals surface area (Å²) in [4.78, 5) is 11.7. The van der Waals surface area contributed by atoms with Crippen LogP contribution in [0.15, 0.2) is 54.6 Å². The lowest BCUT2D eigenvalue weighted by atomic mass is 9.38. The summed E-state index contributed by atoms with van der Waals surface area (Å²) in [7, 11) is 3.31. The molecule has 0 amide bonds. The molecule has 0 radical (unpaired) electrons. The van der Waals surface area contributed by atoms with Gasteiger partial charge in [0.25, 0.3) is 0 Å². The maximum atomic E-state index is 5.91. The molecule has 0 aliphatic carbocycles. The normalized spacial score (nSPS) is 22.2. The van der Waals surface area contributed by atoms with Gasteiger partial charge in [-0.2, -0.15) is 0 Å². The van der Waals surface area contributed by atoms with Crippen LogP contribution in [0.3, 0.4) is 0 Å². The van der Waals surface area contributed by atoms with Crippen molar-refractivity contribution in [3.63, 3.8) is 0 Å². The minimum atomic E-state index is -0.590. The smallest absolute Gasteiger partial charge is 0.356 e. The molecule has 4 nitrogen and oxygen atoms in total. The first-order valence-corrected chi connectivity index (χ1v) is 9.24. The van der Waals surface area contributed by atoms with Crippen LogP contribution >= 0.6 is 0 Å². The molecular formula is C22H25BO4. The molecule has 0 N–H and O–H groups in total. The highest BCUT2D eigenvalue weighted by atomic mass is 17.2. The standard InChI is InChI=1S/C22H25BO4/c1-21(2)22(3,20(24-4)25-5)23(27-26-21)19-12-8-11-17-13-15-9-6-7-10-16(15)14-18(17)19/h6-14,20H,1-5H3. The van der Waals surface area contributed by atoms with Crippen LogP contribution in [0.4, 0.5) is 0 Å². The number of ether oxygens (including phenoxy) is 2. The zero-order valence-corrected chi connectivity index (χ0v) is 16.5. The quantitative estimate of drug-likeness (QED) is 0.299. The molecule has 0 saturated carbocycles. The molecule has 1 unspecified atom stereocenters. The van der Waals surface area contributed by atoms with E-state index in [1.807, 2.05) is 13.8 Å². The summed E-state index contributed by atoms with van der Waals surface area (Å²) in [5.74, 6) is 0. The second-order valence-electron chi connectivity index (χ2n) is 7.92. The molecule has 0 spiro atoms. The maximum absolute atomic E-state index is 5.91. The highest BCUT2D eigenvalue weighted by Gasteiger charge is 2.64. The van der Waals surface area contributed by atoms with Gasteiger partial charge in [-0.1, -0.05) is 49.4 Å². The lowest BCUT2D eigenvalue weighted by molar-refractivity contribution is -0.275. The molecule has 1 saturated heterocycles. The Morgan fingerprint density at radius 1 is 0.852 bits per heavy atom. The summed E-state index contributed by atoms with van der Waals surface area (Å²) in [5, 5.41) is 4.21. The molecule has 0 bridgehead atoms. The van der Waals surface area contributed by atoms with E-state index in [4.69, 9.17) is 19.2 Å². The SMILES string of the molecule is COC(OC)C1(C)B(c2cccc3cc4ccccc4cc23)OOC1(C)C. The first-order valence-electron chi connectivity index (χ1n) is 9.24. The Balaban J connectivity index is 1.94. The van der Waals surface area contributed by atoms with E-state index in [1.54, 1.807) is 14.2 Å². The van der Waals surface area contributed by atoms with E-state index in [0.29, 0.717) is 0 Å². The van der Waals surface area contributed by atoms with Gasteiger partial charge in [0, 0.05) is 14.2 Å². The Morgan fingerprint density at radius 2 is 1.48 bits per heavy atom. The van der Waals surface area contributed by atoms with E-state index in [-0.39, 0.29) is 6.92 Å². The second-order valence-corrected chi connectivity index (χ2v) is 7.92. The molecule has 4 rings (SSSR count).